The molecule has 0 aliphatic carbocycles. The Morgan fingerprint density at radius 2 is 1.85 bits per heavy atom. The molecule has 7 heteroatoms. The first-order valence-electron chi connectivity index (χ1n) is 7.78. The standard InChI is InChI=1S/C19H16N2O4.ClH/c1-23-17-7-13-10-20-9-12(14(13)8-18(17)24-2)5-11-3-4-15-16(6-11)25-19(22)21-15;/h3-4,6-10H,5H2,1-2H3,(H,21,22);1H. The van der Waals surface area contributed by atoms with Crippen LogP contribution in [-0.4, -0.2) is 24.2 Å². The Labute approximate surface area is 155 Å². The number of pyridine rings is 1. The molecule has 0 atom stereocenters. The van der Waals surface area contributed by atoms with E-state index in [0.29, 0.717) is 29.0 Å². The Balaban J connectivity index is 0.00000196. The Kier molecular flexibility index (Phi) is 4.86. The zero-order valence-corrected chi connectivity index (χ0v) is 15.1. The second kappa shape index (κ2) is 7.09. The maximum atomic E-state index is 11.3. The molecule has 4 aromatic rings. The smallest absolute Gasteiger partial charge is 0.417 e. The molecule has 2 aromatic carbocycles. The lowest BCUT2D eigenvalue weighted by Crippen LogP contribution is -1.95. The first-order valence-corrected chi connectivity index (χ1v) is 7.78. The molecule has 4 rings (SSSR count). The van der Waals surface area contributed by atoms with Gasteiger partial charge in [0.2, 0.25) is 0 Å². The quantitative estimate of drug-likeness (QED) is 0.591. The van der Waals surface area contributed by atoms with E-state index >= 15 is 0 Å². The fourth-order valence-corrected chi connectivity index (χ4v) is 3.02. The van der Waals surface area contributed by atoms with Gasteiger partial charge in [-0.3, -0.25) is 9.97 Å². The van der Waals surface area contributed by atoms with Crippen molar-refractivity contribution in [2.75, 3.05) is 14.2 Å². The van der Waals surface area contributed by atoms with Crippen molar-refractivity contribution in [3.8, 4) is 11.5 Å². The number of benzene rings is 2. The number of rotatable bonds is 4. The van der Waals surface area contributed by atoms with Crippen LogP contribution in [0, 0.1) is 0 Å². The normalized spacial score (nSPS) is 10.7. The van der Waals surface area contributed by atoms with Gasteiger partial charge in [0.05, 0.1) is 19.7 Å². The van der Waals surface area contributed by atoms with E-state index < -0.39 is 5.76 Å². The number of ether oxygens (including phenoxy) is 2. The number of halogens is 1. The van der Waals surface area contributed by atoms with Gasteiger partial charge in [0.15, 0.2) is 17.1 Å². The summed E-state index contributed by atoms with van der Waals surface area (Å²) in [6.07, 6.45) is 4.30. The molecule has 26 heavy (non-hydrogen) atoms. The van der Waals surface area contributed by atoms with Crippen molar-refractivity contribution in [2.24, 2.45) is 0 Å². The number of fused-ring (bicyclic) bond motifs is 2. The maximum Gasteiger partial charge on any atom is 0.417 e. The summed E-state index contributed by atoms with van der Waals surface area (Å²) >= 11 is 0. The van der Waals surface area contributed by atoms with Gasteiger partial charge in [-0.25, -0.2) is 4.79 Å². The summed E-state index contributed by atoms with van der Waals surface area (Å²) in [5.74, 6) is 0.898. The van der Waals surface area contributed by atoms with Crippen LogP contribution in [-0.2, 0) is 6.42 Å². The average Bonchev–Trinajstić information content (AvgIpc) is 3.00. The third kappa shape index (κ3) is 3.11. The highest BCUT2D eigenvalue weighted by atomic mass is 35.5. The molecule has 2 aromatic heterocycles. The van der Waals surface area contributed by atoms with Crippen LogP contribution in [0.5, 0.6) is 11.5 Å². The summed E-state index contributed by atoms with van der Waals surface area (Å²) in [5, 5.41) is 2.02. The second-order valence-electron chi connectivity index (χ2n) is 5.75. The predicted octanol–water partition coefficient (Wildman–Crippen LogP) is 3.70. The predicted molar refractivity (Wildman–Crippen MR) is 102 cm³/mol. The number of nitrogens with zero attached hydrogens (tertiary/aromatic N) is 1. The van der Waals surface area contributed by atoms with E-state index in [-0.39, 0.29) is 12.4 Å². The molecule has 0 bridgehead atoms. The van der Waals surface area contributed by atoms with E-state index in [1.165, 1.54) is 0 Å². The minimum Gasteiger partial charge on any atom is -0.493 e. The molecule has 0 aliphatic rings. The Morgan fingerprint density at radius 1 is 1.08 bits per heavy atom. The van der Waals surface area contributed by atoms with Crippen molar-refractivity contribution in [1.82, 2.24) is 9.97 Å². The maximum absolute atomic E-state index is 11.3. The summed E-state index contributed by atoms with van der Waals surface area (Å²) in [6.45, 7) is 0. The number of hydrogen-bond acceptors (Lipinski definition) is 5. The van der Waals surface area contributed by atoms with Gasteiger partial charge in [0, 0.05) is 17.8 Å². The van der Waals surface area contributed by atoms with Crippen LogP contribution in [0.3, 0.4) is 0 Å². The number of aromatic amines is 1. The molecule has 0 amide bonds. The third-order valence-corrected chi connectivity index (χ3v) is 4.23. The van der Waals surface area contributed by atoms with Gasteiger partial charge in [-0.1, -0.05) is 6.07 Å². The summed E-state index contributed by atoms with van der Waals surface area (Å²) in [6, 6.07) is 9.55. The lowest BCUT2D eigenvalue weighted by Gasteiger charge is -2.11. The van der Waals surface area contributed by atoms with E-state index in [9.17, 15) is 4.79 Å². The van der Waals surface area contributed by atoms with Gasteiger partial charge in [-0.05, 0) is 47.2 Å². The summed E-state index contributed by atoms with van der Waals surface area (Å²) in [4.78, 5) is 18.3. The highest BCUT2D eigenvalue weighted by Gasteiger charge is 2.11. The number of oxazole rings is 1. The Bertz CT molecular complexity index is 1130. The van der Waals surface area contributed by atoms with Gasteiger partial charge in [0.25, 0.3) is 0 Å². The van der Waals surface area contributed by atoms with Crippen molar-refractivity contribution in [3.05, 3.63) is 64.4 Å². The molecule has 0 radical (unpaired) electrons. The van der Waals surface area contributed by atoms with Crippen molar-refractivity contribution < 1.29 is 13.9 Å². The molecule has 0 aliphatic heterocycles. The number of hydrogen-bond donors (Lipinski definition) is 1. The van der Waals surface area contributed by atoms with Crippen LogP contribution >= 0.6 is 12.4 Å². The number of methoxy groups -OCH3 is 2. The molecule has 6 nitrogen and oxygen atoms in total. The third-order valence-electron chi connectivity index (χ3n) is 4.23. The minimum absolute atomic E-state index is 0. The van der Waals surface area contributed by atoms with Crippen LogP contribution in [0.1, 0.15) is 11.1 Å². The fourth-order valence-electron chi connectivity index (χ4n) is 3.02. The van der Waals surface area contributed by atoms with Gasteiger partial charge in [-0.2, -0.15) is 0 Å². The minimum atomic E-state index is -0.448. The van der Waals surface area contributed by atoms with E-state index in [0.717, 1.165) is 21.9 Å². The van der Waals surface area contributed by atoms with Crippen molar-refractivity contribution in [1.29, 1.82) is 0 Å². The van der Waals surface area contributed by atoms with Crippen molar-refractivity contribution >= 4 is 34.3 Å². The zero-order chi connectivity index (χ0) is 17.4. The molecule has 0 fully saturated rings. The van der Waals surface area contributed by atoms with E-state index in [1.54, 1.807) is 20.4 Å². The summed E-state index contributed by atoms with van der Waals surface area (Å²) in [5.41, 5.74) is 3.32. The lowest BCUT2D eigenvalue weighted by atomic mass is 10.0. The van der Waals surface area contributed by atoms with Crippen LogP contribution < -0.4 is 15.2 Å². The van der Waals surface area contributed by atoms with Crippen LogP contribution in [0.2, 0.25) is 0 Å². The summed E-state index contributed by atoms with van der Waals surface area (Å²) < 4.78 is 15.9. The van der Waals surface area contributed by atoms with Crippen molar-refractivity contribution in [3.63, 3.8) is 0 Å². The highest BCUT2D eigenvalue weighted by Crippen LogP contribution is 2.33. The molecule has 1 N–H and O–H groups in total. The average molecular weight is 373 g/mol. The monoisotopic (exact) mass is 372 g/mol. The molecule has 2 heterocycles. The molecule has 0 spiro atoms. The second-order valence-corrected chi connectivity index (χ2v) is 5.75. The SMILES string of the molecule is COc1cc2cncc(Cc3ccc4[nH]c(=O)oc4c3)c2cc1OC.Cl. The Morgan fingerprint density at radius 3 is 2.62 bits per heavy atom. The van der Waals surface area contributed by atoms with Gasteiger partial charge >= 0.3 is 5.76 Å². The molecular weight excluding hydrogens is 356 g/mol. The van der Waals surface area contributed by atoms with E-state index in [4.69, 9.17) is 13.9 Å². The largest absolute Gasteiger partial charge is 0.493 e. The zero-order valence-electron chi connectivity index (χ0n) is 14.2. The van der Waals surface area contributed by atoms with Crippen molar-refractivity contribution in [2.45, 2.75) is 6.42 Å². The number of aromatic nitrogens is 2. The highest BCUT2D eigenvalue weighted by molar-refractivity contribution is 5.88. The number of nitrogens with one attached hydrogen (secondary N) is 1. The first-order chi connectivity index (χ1) is 12.2. The van der Waals surface area contributed by atoms with Gasteiger partial charge in [0.1, 0.15) is 0 Å². The van der Waals surface area contributed by atoms with Crippen LogP contribution in [0.4, 0.5) is 0 Å². The topological polar surface area (TPSA) is 77.4 Å². The van der Waals surface area contributed by atoms with Crippen LogP contribution in [0.25, 0.3) is 21.9 Å². The molecule has 0 saturated carbocycles. The summed E-state index contributed by atoms with van der Waals surface area (Å²) in [7, 11) is 3.23. The molecule has 134 valence electrons. The van der Waals surface area contributed by atoms with Crippen LogP contribution in [0.15, 0.2) is 51.9 Å². The van der Waals surface area contributed by atoms with Gasteiger partial charge < -0.3 is 13.9 Å². The Hall–Kier alpha value is -2.99. The lowest BCUT2D eigenvalue weighted by molar-refractivity contribution is 0.356. The first kappa shape index (κ1) is 17.8. The number of H-pyrrole nitrogens is 1. The fraction of sp³-hybridized carbons (Fsp3) is 0.158. The molecular formula is C19H17ClN2O4. The molecule has 0 saturated heterocycles. The molecule has 0 unspecified atom stereocenters. The van der Waals surface area contributed by atoms with Gasteiger partial charge in [-0.15, -0.1) is 12.4 Å². The van der Waals surface area contributed by atoms with E-state index in [2.05, 4.69) is 9.97 Å². The van der Waals surface area contributed by atoms with E-state index in [1.807, 2.05) is 36.5 Å².